The highest BCUT2D eigenvalue weighted by molar-refractivity contribution is 5.75. The molecule has 0 saturated heterocycles. The summed E-state index contributed by atoms with van der Waals surface area (Å²) in [5, 5.41) is 14.0. The number of hydrogen-bond donors (Lipinski definition) is 3. The largest absolute Gasteiger partial charge is 0.481 e. The highest BCUT2D eigenvalue weighted by Gasteiger charge is 2.20. The van der Waals surface area contributed by atoms with E-state index in [0.29, 0.717) is 19.4 Å². The maximum absolute atomic E-state index is 11.6. The van der Waals surface area contributed by atoms with Crippen LogP contribution in [0.25, 0.3) is 0 Å². The van der Waals surface area contributed by atoms with Crippen LogP contribution in [0.2, 0.25) is 0 Å². The summed E-state index contributed by atoms with van der Waals surface area (Å²) >= 11 is 0. The molecule has 0 unspecified atom stereocenters. The van der Waals surface area contributed by atoms with Crippen LogP contribution >= 0.6 is 0 Å². The normalized spacial score (nSPS) is 11.5. The SMILES string of the molecule is C#CC(C)(C)NC(=O)NCCC(C)(C)CCC(=O)O. The average Bonchev–Trinajstić information content (AvgIpc) is 2.25. The number of rotatable bonds is 7. The Labute approximate surface area is 115 Å². The van der Waals surface area contributed by atoms with Crippen molar-refractivity contribution >= 4 is 12.0 Å². The van der Waals surface area contributed by atoms with Crippen LogP contribution in [0.15, 0.2) is 0 Å². The lowest BCUT2D eigenvalue weighted by molar-refractivity contribution is -0.137. The first-order valence-electron chi connectivity index (χ1n) is 6.33. The second-order valence-corrected chi connectivity index (χ2v) is 5.96. The summed E-state index contributed by atoms with van der Waals surface area (Å²) < 4.78 is 0. The van der Waals surface area contributed by atoms with Gasteiger partial charge in [-0.2, -0.15) is 0 Å². The smallest absolute Gasteiger partial charge is 0.315 e. The fourth-order valence-electron chi connectivity index (χ4n) is 1.45. The van der Waals surface area contributed by atoms with Crippen molar-refractivity contribution in [3.8, 4) is 12.3 Å². The Morgan fingerprint density at radius 2 is 1.79 bits per heavy atom. The standard InChI is InChI=1S/C14H24N2O3/c1-6-14(4,5)16-12(19)15-10-9-13(2,3)8-7-11(17)18/h1H,7-10H2,2-5H3,(H,17,18)(H2,15,16,19). The van der Waals surface area contributed by atoms with E-state index in [-0.39, 0.29) is 17.9 Å². The van der Waals surface area contributed by atoms with E-state index in [1.165, 1.54) is 0 Å². The van der Waals surface area contributed by atoms with Crippen LogP contribution in [0.5, 0.6) is 0 Å². The van der Waals surface area contributed by atoms with Gasteiger partial charge in [0.25, 0.3) is 0 Å². The first-order valence-corrected chi connectivity index (χ1v) is 6.33. The quantitative estimate of drug-likeness (QED) is 0.618. The van der Waals surface area contributed by atoms with E-state index < -0.39 is 11.5 Å². The summed E-state index contributed by atoms with van der Waals surface area (Å²) in [4.78, 5) is 22.1. The molecule has 0 radical (unpaired) electrons. The molecule has 0 spiro atoms. The minimum Gasteiger partial charge on any atom is -0.481 e. The summed E-state index contributed by atoms with van der Waals surface area (Å²) in [7, 11) is 0. The minimum absolute atomic E-state index is 0.118. The molecular formula is C14H24N2O3. The van der Waals surface area contributed by atoms with Crippen LogP contribution in [-0.4, -0.2) is 29.2 Å². The van der Waals surface area contributed by atoms with E-state index in [2.05, 4.69) is 16.6 Å². The molecule has 19 heavy (non-hydrogen) atoms. The third-order valence-electron chi connectivity index (χ3n) is 2.89. The van der Waals surface area contributed by atoms with Gasteiger partial charge in [-0.15, -0.1) is 6.42 Å². The van der Waals surface area contributed by atoms with Gasteiger partial charge < -0.3 is 15.7 Å². The molecule has 0 aromatic heterocycles. The van der Waals surface area contributed by atoms with Gasteiger partial charge in [-0.1, -0.05) is 19.8 Å². The van der Waals surface area contributed by atoms with Crippen LogP contribution in [0.4, 0.5) is 4.79 Å². The lowest BCUT2D eigenvalue weighted by atomic mass is 9.84. The van der Waals surface area contributed by atoms with Gasteiger partial charge in [0.15, 0.2) is 0 Å². The zero-order chi connectivity index (χ0) is 15.1. The van der Waals surface area contributed by atoms with Gasteiger partial charge in [-0.25, -0.2) is 4.79 Å². The molecular weight excluding hydrogens is 244 g/mol. The molecule has 2 amide bonds. The fraction of sp³-hybridized carbons (Fsp3) is 0.714. The lowest BCUT2D eigenvalue weighted by Gasteiger charge is -2.25. The van der Waals surface area contributed by atoms with Crippen molar-refractivity contribution in [2.75, 3.05) is 6.54 Å². The number of carboxylic acids is 1. The number of carbonyl (C=O) groups excluding carboxylic acids is 1. The molecule has 0 aromatic rings. The van der Waals surface area contributed by atoms with E-state index >= 15 is 0 Å². The highest BCUT2D eigenvalue weighted by Crippen LogP contribution is 2.25. The van der Waals surface area contributed by atoms with E-state index in [4.69, 9.17) is 11.5 Å². The highest BCUT2D eigenvalue weighted by atomic mass is 16.4. The van der Waals surface area contributed by atoms with E-state index in [1.807, 2.05) is 13.8 Å². The molecule has 108 valence electrons. The Balaban J connectivity index is 3.99. The van der Waals surface area contributed by atoms with Crippen LogP contribution in [0.1, 0.15) is 47.0 Å². The first-order chi connectivity index (χ1) is 8.58. The third-order valence-corrected chi connectivity index (χ3v) is 2.89. The van der Waals surface area contributed by atoms with Gasteiger partial charge in [-0.3, -0.25) is 4.79 Å². The number of aliphatic carboxylic acids is 1. The zero-order valence-corrected chi connectivity index (χ0v) is 12.2. The maximum atomic E-state index is 11.6. The second-order valence-electron chi connectivity index (χ2n) is 5.96. The van der Waals surface area contributed by atoms with E-state index in [1.54, 1.807) is 13.8 Å². The average molecular weight is 268 g/mol. The molecule has 0 heterocycles. The lowest BCUT2D eigenvalue weighted by Crippen LogP contribution is -2.48. The molecule has 0 saturated carbocycles. The predicted molar refractivity (Wildman–Crippen MR) is 74.7 cm³/mol. The van der Waals surface area contributed by atoms with Crippen molar-refractivity contribution in [3.63, 3.8) is 0 Å². The van der Waals surface area contributed by atoms with Crippen LogP contribution in [0, 0.1) is 17.8 Å². The Bertz CT molecular complexity index is 367. The van der Waals surface area contributed by atoms with Crippen molar-refractivity contribution < 1.29 is 14.7 Å². The summed E-state index contributed by atoms with van der Waals surface area (Å²) in [5.74, 6) is 1.68. The van der Waals surface area contributed by atoms with Crippen molar-refractivity contribution in [1.82, 2.24) is 10.6 Å². The van der Waals surface area contributed by atoms with Crippen LogP contribution in [0.3, 0.4) is 0 Å². The topological polar surface area (TPSA) is 78.4 Å². The number of urea groups is 1. The molecule has 0 aliphatic rings. The summed E-state index contributed by atoms with van der Waals surface area (Å²) in [6.07, 6.45) is 6.71. The number of carboxylic acid groups (broad SMARTS) is 1. The van der Waals surface area contributed by atoms with Crippen LogP contribution < -0.4 is 10.6 Å². The molecule has 0 rings (SSSR count). The minimum atomic E-state index is -0.797. The summed E-state index contributed by atoms with van der Waals surface area (Å²) in [6, 6.07) is -0.308. The Hall–Kier alpha value is -1.70. The predicted octanol–water partition coefficient (Wildman–Crippen LogP) is 1.98. The first kappa shape index (κ1) is 17.3. The number of hydrogen-bond acceptors (Lipinski definition) is 2. The number of nitrogens with one attached hydrogen (secondary N) is 2. The Kier molecular flexibility index (Phi) is 6.40. The molecule has 0 aliphatic heterocycles. The fourth-order valence-corrected chi connectivity index (χ4v) is 1.45. The van der Waals surface area contributed by atoms with Gasteiger partial charge in [0.1, 0.15) is 0 Å². The number of carbonyl (C=O) groups is 2. The van der Waals surface area contributed by atoms with Gasteiger partial charge in [0, 0.05) is 13.0 Å². The monoisotopic (exact) mass is 268 g/mol. The molecule has 5 nitrogen and oxygen atoms in total. The molecule has 5 heteroatoms. The molecule has 0 bridgehead atoms. The van der Waals surface area contributed by atoms with Crippen molar-refractivity contribution in [2.24, 2.45) is 5.41 Å². The van der Waals surface area contributed by atoms with Crippen LogP contribution in [-0.2, 0) is 4.79 Å². The van der Waals surface area contributed by atoms with Gasteiger partial charge in [0.2, 0.25) is 0 Å². The van der Waals surface area contributed by atoms with Gasteiger partial charge in [-0.05, 0) is 32.1 Å². The van der Waals surface area contributed by atoms with Crippen molar-refractivity contribution in [2.45, 2.75) is 52.5 Å². The van der Waals surface area contributed by atoms with E-state index in [9.17, 15) is 9.59 Å². The zero-order valence-electron chi connectivity index (χ0n) is 12.2. The summed E-state index contributed by atoms with van der Waals surface area (Å²) in [6.45, 7) is 7.94. The molecule has 3 N–H and O–H groups in total. The number of terminal acetylenes is 1. The molecule has 0 aliphatic carbocycles. The Morgan fingerprint density at radius 1 is 1.21 bits per heavy atom. The third kappa shape index (κ3) is 8.95. The van der Waals surface area contributed by atoms with Crippen molar-refractivity contribution in [3.05, 3.63) is 0 Å². The van der Waals surface area contributed by atoms with Crippen molar-refractivity contribution in [1.29, 1.82) is 0 Å². The van der Waals surface area contributed by atoms with Gasteiger partial charge in [0.05, 0.1) is 5.54 Å². The number of amides is 2. The molecule has 0 atom stereocenters. The van der Waals surface area contributed by atoms with E-state index in [0.717, 1.165) is 0 Å². The summed E-state index contributed by atoms with van der Waals surface area (Å²) in [5.41, 5.74) is -0.795. The van der Waals surface area contributed by atoms with Gasteiger partial charge >= 0.3 is 12.0 Å². The molecule has 0 aromatic carbocycles. The molecule has 0 fully saturated rings. The second kappa shape index (κ2) is 7.03. The Morgan fingerprint density at radius 3 is 2.26 bits per heavy atom. The maximum Gasteiger partial charge on any atom is 0.315 e.